The first kappa shape index (κ1) is 9.43. The lowest BCUT2D eigenvalue weighted by atomic mass is 9.99. The number of aromatic nitrogens is 1. The summed E-state index contributed by atoms with van der Waals surface area (Å²) in [5, 5.41) is 12.1. The molecule has 0 spiro atoms. The van der Waals surface area contributed by atoms with Crippen molar-refractivity contribution in [2.45, 2.75) is 12.5 Å². The van der Waals surface area contributed by atoms with E-state index in [1.807, 2.05) is 0 Å². The molecule has 0 saturated carbocycles. The van der Waals surface area contributed by atoms with Gasteiger partial charge >= 0.3 is 5.97 Å². The Morgan fingerprint density at radius 2 is 2.43 bits per heavy atom. The van der Waals surface area contributed by atoms with Gasteiger partial charge in [-0.15, -0.1) is 0 Å². The molecule has 1 fully saturated rings. The van der Waals surface area contributed by atoms with Crippen molar-refractivity contribution in [2.75, 3.05) is 6.54 Å². The molecule has 1 aliphatic rings. The molecule has 0 bridgehead atoms. The molecule has 0 radical (unpaired) electrons. The third-order valence-corrected chi connectivity index (χ3v) is 2.58. The zero-order chi connectivity index (χ0) is 10.1. The topological polar surface area (TPSA) is 62.2 Å². The van der Waals surface area contributed by atoms with Crippen LogP contribution in [0, 0.1) is 0 Å². The van der Waals surface area contributed by atoms with Gasteiger partial charge in [-0.1, -0.05) is 11.6 Å². The molecule has 1 aromatic rings. The molecule has 1 atom stereocenters. The maximum atomic E-state index is 10.6. The largest absolute Gasteiger partial charge is 0.476 e. The van der Waals surface area contributed by atoms with Gasteiger partial charge < -0.3 is 10.4 Å². The summed E-state index contributed by atoms with van der Waals surface area (Å²) < 4.78 is 0. The van der Waals surface area contributed by atoms with E-state index in [0.717, 1.165) is 18.5 Å². The van der Waals surface area contributed by atoms with E-state index in [1.54, 1.807) is 12.3 Å². The maximum absolute atomic E-state index is 10.6. The van der Waals surface area contributed by atoms with E-state index >= 15 is 0 Å². The summed E-state index contributed by atoms with van der Waals surface area (Å²) in [4.78, 5) is 14.4. The van der Waals surface area contributed by atoms with Crippen molar-refractivity contribution in [3.8, 4) is 0 Å². The van der Waals surface area contributed by atoms with Crippen molar-refractivity contribution in [3.63, 3.8) is 0 Å². The van der Waals surface area contributed by atoms with Crippen LogP contribution in [-0.4, -0.2) is 22.6 Å². The molecule has 5 heteroatoms. The molecular weight excluding hydrogens is 204 g/mol. The van der Waals surface area contributed by atoms with Crippen LogP contribution >= 0.6 is 11.6 Å². The highest BCUT2D eigenvalue weighted by Crippen LogP contribution is 2.25. The standard InChI is InChI=1S/C9H9ClN2O2/c10-6-3-5(7-1-2-11-7)4-12-8(6)9(13)14/h3-4,7,11H,1-2H2,(H,13,14). The van der Waals surface area contributed by atoms with Gasteiger partial charge in [0.25, 0.3) is 0 Å². The molecule has 0 aromatic carbocycles. The van der Waals surface area contributed by atoms with Crippen LogP contribution in [0.15, 0.2) is 12.3 Å². The molecule has 1 aromatic heterocycles. The highest BCUT2D eigenvalue weighted by molar-refractivity contribution is 6.33. The molecule has 2 N–H and O–H groups in total. The number of carboxylic acids is 1. The third kappa shape index (κ3) is 1.58. The van der Waals surface area contributed by atoms with Crippen LogP contribution in [0.4, 0.5) is 0 Å². The first-order valence-electron chi connectivity index (χ1n) is 4.30. The van der Waals surface area contributed by atoms with Crippen LogP contribution in [0.25, 0.3) is 0 Å². The molecule has 1 saturated heterocycles. The van der Waals surface area contributed by atoms with Crippen LogP contribution in [0.3, 0.4) is 0 Å². The number of nitrogens with one attached hydrogen (secondary N) is 1. The lowest BCUT2D eigenvalue weighted by molar-refractivity contribution is 0.0690. The second-order valence-electron chi connectivity index (χ2n) is 3.20. The average molecular weight is 213 g/mol. The molecule has 74 valence electrons. The van der Waals surface area contributed by atoms with Crippen LogP contribution in [0.1, 0.15) is 28.5 Å². The number of aromatic carboxylic acids is 1. The molecule has 2 rings (SSSR count). The Kier molecular flexibility index (Phi) is 2.39. The lowest BCUT2D eigenvalue weighted by Crippen LogP contribution is -2.35. The quantitative estimate of drug-likeness (QED) is 0.779. The number of hydrogen-bond acceptors (Lipinski definition) is 3. The van der Waals surface area contributed by atoms with Gasteiger partial charge in [0, 0.05) is 12.2 Å². The second kappa shape index (κ2) is 3.55. The Morgan fingerprint density at radius 3 is 2.86 bits per heavy atom. The molecule has 4 nitrogen and oxygen atoms in total. The minimum atomic E-state index is -1.09. The van der Waals surface area contributed by atoms with Crippen molar-refractivity contribution >= 4 is 17.6 Å². The number of pyridine rings is 1. The Labute approximate surface area is 85.9 Å². The molecule has 2 heterocycles. The fourth-order valence-corrected chi connectivity index (χ4v) is 1.63. The van der Waals surface area contributed by atoms with E-state index in [4.69, 9.17) is 16.7 Å². The van der Waals surface area contributed by atoms with E-state index < -0.39 is 5.97 Å². The summed E-state index contributed by atoms with van der Waals surface area (Å²) in [6, 6.07) is 1.94. The van der Waals surface area contributed by atoms with E-state index in [2.05, 4.69) is 10.3 Å². The zero-order valence-corrected chi connectivity index (χ0v) is 8.08. The van der Waals surface area contributed by atoms with Gasteiger partial charge in [0.2, 0.25) is 0 Å². The minimum Gasteiger partial charge on any atom is -0.476 e. The second-order valence-corrected chi connectivity index (χ2v) is 3.61. The van der Waals surface area contributed by atoms with Crippen LogP contribution < -0.4 is 5.32 Å². The Bertz CT molecular complexity index is 377. The lowest BCUT2D eigenvalue weighted by Gasteiger charge is -2.27. The van der Waals surface area contributed by atoms with Crippen molar-refractivity contribution in [1.82, 2.24) is 10.3 Å². The van der Waals surface area contributed by atoms with E-state index in [-0.39, 0.29) is 16.8 Å². The number of carbonyl (C=O) groups is 1. The van der Waals surface area contributed by atoms with E-state index in [1.165, 1.54) is 0 Å². The number of hydrogen-bond donors (Lipinski definition) is 2. The van der Waals surface area contributed by atoms with Gasteiger partial charge in [0.1, 0.15) is 0 Å². The SMILES string of the molecule is O=C(O)c1ncc(C2CCN2)cc1Cl. The van der Waals surface area contributed by atoms with Crippen LogP contribution in [-0.2, 0) is 0 Å². The summed E-state index contributed by atoms with van der Waals surface area (Å²) in [7, 11) is 0. The highest BCUT2D eigenvalue weighted by atomic mass is 35.5. The van der Waals surface area contributed by atoms with Crippen molar-refractivity contribution in [1.29, 1.82) is 0 Å². The van der Waals surface area contributed by atoms with Gasteiger partial charge in [0.15, 0.2) is 5.69 Å². The normalized spacial score (nSPS) is 20.2. The van der Waals surface area contributed by atoms with Gasteiger partial charge in [-0.25, -0.2) is 9.78 Å². The monoisotopic (exact) mass is 212 g/mol. The molecule has 0 amide bonds. The summed E-state index contributed by atoms with van der Waals surface area (Å²) >= 11 is 5.78. The van der Waals surface area contributed by atoms with Gasteiger partial charge in [-0.2, -0.15) is 0 Å². The molecule has 14 heavy (non-hydrogen) atoms. The maximum Gasteiger partial charge on any atom is 0.356 e. The first-order valence-corrected chi connectivity index (χ1v) is 4.68. The number of nitrogens with zero attached hydrogens (tertiary/aromatic N) is 1. The van der Waals surface area contributed by atoms with Crippen LogP contribution in [0.5, 0.6) is 0 Å². The Morgan fingerprint density at radius 1 is 1.71 bits per heavy atom. The summed E-state index contributed by atoms with van der Waals surface area (Å²) in [5.41, 5.74) is 0.862. The van der Waals surface area contributed by atoms with Crippen molar-refractivity contribution in [3.05, 3.63) is 28.5 Å². The molecule has 1 unspecified atom stereocenters. The number of halogens is 1. The average Bonchev–Trinajstić information content (AvgIpc) is 2.00. The first-order chi connectivity index (χ1) is 6.68. The van der Waals surface area contributed by atoms with Gasteiger partial charge in [-0.3, -0.25) is 0 Å². The minimum absolute atomic E-state index is 0.0882. The summed E-state index contributed by atoms with van der Waals surface area (Å²) in [6.07, 6.45) is 2.61. The number of rotatable bonds is 2. The van der Waals surface area contributed by atoms with Crippen molar-refractivity contribution in [2.24, 2.45) is 0 Å². The third-order valence-electron chi connectivity index (χ3n) is 2.29. The van der Waals surface area contributed by atoms with E-state index in [0.29, 0.717) is 0 Å². The summed E-state index contributed by atoms with van der Waals surface area (Å²) in [6.45, 7) is 0.989. The molecule has 0 aliphatic carbocycles. The predicted molar refractivity (Wildman–Crippen MR) is 51.6 cm³/mol. The molecular formula is C9H9ClN2O2. The Hall–Kier alpha value is -1.13. The number of carboxylic acid groups (broad SMARTS) is 1. The fourth-order valence-electron chi connectivity index (χ4n) is 1.37. The van der Waals surface area contributed by atoms with Gasteiger partial charge in [0.05, 0.1) is 5.02 Å². The van der Waals surface area contributed by atoms with Gasteiger partial charge in [-0.05, 0) is 24.6 Å². The highest BCUT2D eigenvalue weighted by Gasteiger charge is 2.20. The van der Waals surface area contributed by atoms with Crippen molar-refractivity contribution < 1.29 is 9.90 Å². The molecule has 1 aliphatic heterocycles. The fraction of sp³-hybridized carbons (Fsp3) is 0.333. The predicted octanol–water partition coefficient (Wildman–Crippen LogP) is 1.47. The zero-order valence-electron chi connectivity index (χ0n) is 7.33. The smallest absolute Gasteiger partial charge is 0.356 e. The Balaban J connectivity index is 2.30. The van der Waals surface area contributed by atoms with Crippen LogP contribution in [0.2, 0.25) is 5.02 Å². The van der Waals surface area contributed by atoms with E-state index in [9.17, 15) is 4.79 Å². The summed E-state index contributed by atoms with van der Waals surface area (Å²) in [5.74, 6) is -1.09.